The zero-order valence-corrected chi connectivity index (χ0v) is 13.6. The van der Waals surface area contributed by atoms with E-state index in [9.17, 15) is 22.4 Å². The molecule has 0 amide bonds. The van der Waals surface area contributed by atoms with Crippen molar-refractivity contribution in [3.8, 4) is 0 Å². The van der Waals surface area contributed by atoms with Crippen molar-refractivity contribution in [2.75, 3.05) is 0 Å². The Morgan fingerprint density at radius 3 is 2.65 bits per heavy atom. The molecule has 26 heavy (non-hydrogen) atoms. The van der Waals surface area contributed by atoms with E-state index >= 15 is 0 Å². The summed E-state index contributed by atoms with van der Waals surface area (Å²) in [6.07, 6.45) is -0.393. The molecule has 1 saturated carbocycles. The van der Waals surface area contributed by atoms with Gasteiger partial charge in [0.1, 0.15) is 5.82 Å². The number of rotatable bonds is 3. The van der Waals surface area contributed by atoms with Gasteiger partial charge >= 0.3 is 6.18 Å². The molecule has 2 aromatic heterocycles. The monoisotopic (exact) mass is 365 g/mol. The number of benzene rings is 1. The molecule has 1 aliphatic carbocycles. The van der Waals surface area contributed by atoms with Crippen LogP contribution in [0, 0.1) is 5.82 Å². The summed E-state index contributed by atoms with van der Waals surface area (Å²) in [5, 5.41) is 2.76. The van der Waals surface area contributed by atoms with Crippen LogP contribution in [-0.4, -0.2) is 14.6 Å². The molecular formula is C18H15F4N3O. The predicted octanol–water partition coefficient (Wildman–Crippen LogP) is 4.04. The van der Waals surface area contributed by atoms with E-state index in [1.54, 1.807) is 12.3 Å². The number of halogens is 4. The molecule has 0 radical (unpaired) electrons. The van der Waals surface area contributed by atoms with Crippen LogP contribution in [0.1, 0.15) is 47.6 Å². The van der Waals surface area contributed by atoms with Crippen molar-refractivity contribution in [1.29, 1.82) is 0 Å². The number of aromatic amines is 1. The summed E-state index contributed by atoms with van der Waals surface area (Å²) in [4.78, 5) is 17.3. The third kappa shape index (κ3) is 2.79. The average molecular weight is 365 g/mol. The number of nitrogens with zero attached hydrogens (tertiary/aromatic N) is 2. The highest BCUT2D eigenvalue weighted by Gasteiger charge is 2.34. The van der Waals surface area contributed by atoms with E-state index < -0.39 is 17.6 Å². The quantitative estimate of drug-likeness (QED) is 0.713. The van der Waals surface area contributed by atoms with E-state index in [2.05, 4.69) is 10.1 Å². The second-order valence-electron chi connectivity index (χ2n) is 6.55. The minimum absolute atomic E-state index is 0.0248. The van der Waals surface area contributed by atoms with Crippen LogP contribution in [0.4, 0.5) is 17.6 Å². The van der Waals surface area contributed by atoms with Crippen molar-refractivity contribution in [2.24, 2.45) is 0 Å². The van der Waals surface area contributed by atoms with Crippen LogP contribution in [0.2, 0.25) is 0 Å². The lowest BCUT2D eigenvalue weighted by Gasteiger charge is -2.26. The molecule has 8 heteroatoms. The maximum atomic E-state index is 13.5. The number of H-pyrrole nitrogens is 1. The Labute approximate surface area is 145 Å². The molecule has 2 heterocycles. The van der Waals surface area contributed by atoms with Gasteiger partial charge in [-0.15, -0.1) is 0 Å². The predicted molar refractivity (Wildman–Crippen MR) is 86.6 cm³/mol. The van der Waals surface area contributed by atoms with Crippen molar-refractivity contribution < 1.29 is 17.6 Å². The van der Waals surface area contributed by atoms with Gasteiger partial charge in [0.25, 0.3) is 5.56 Å². The molecule has 0 aliphatic heterocycles. The second-order valence-corrected chi connectivity index (χ2v) is 6.55. The summed E-state index contributed by atoms with van der Waals surface area (Å²) < 4.78 is 53.7. The van der Waals surface area contributed by atoms with Crippen LogP contribution in [-0.2, 0) is 12.6 Å². The molecule has 3 aromatic rings. The molecule has 1 N–H and O–H groups in total. The van der Waals surface area contributed by atoms with Crippen LogP contribution in [0.3, 0.4) is 0 Å². The molecule has 1 aliphatic rings. The van der Waals surface area contributed by atoms with Crippen molar-refractivity contribution in [3.63, 3.8) is 0 Å². The number of aromatic nitrogens is 3. The molecule has 0 bridgehead atoms. The van der Waals surface area contributed by atoms with Crippen LogP contribution >= 0.6 is 0 Å². The first-order valence-electron chi connectivity index (χ1n) is 8.29. The van der Waals surface area contributed by atoms with Gasteiger partial charge in [0, 0.05) is 30.2 Å². The van der Waals surface area contributed by atoms with E-state index in [1.807, 2.05) is 0 Å². The smallest absolute Gasteiger partial charge is 0.297 e. The van der Waals surface area contributed by atoms with Gasteiger partial charge in [-0.1, -0.05) is 12.5 Å². The lowest BCUT2D eigenvalue weighted by molar-refractivity contribution is -0.140. The summed E-state index contributed by atoms with van der Waals surface area (Å²) >= 11 is 0. The molecule has 136 valence electrons. The minimum Gasteiger partial charge on any atom is -0.297 e. The molecule has 4 rings (SSSR count). The van der Waals surface area contributed by atoms with Gasteiger partial charge in [0.05, 0.1) is 11.3 Å². The van der Waals surface area contributed by atoms with E-state index in [1.165, 1.54) is 10.6 Å². The van der Waals surface area contributed by atoms with Crippen LogP contribution in [0.5, 0.6) is 0 Å². The molecule has 1 aromatic carbocycles. The topological polar surface area (TPSA) is 50.2 Å². The van der Waals surface area contributed by atoms with Gasteiger partial charge < -0.3 is 0 Å². The van der Waals surface area contributed by atoms with Crippen molar-refractivity contribution in [1.82, 2.24) is 14.6 Å². The Morgan fingerprint density at radius 2 is 2.00 bits per heavy atom. The highest BCUT2D eigenvalue weighted by Crippen LogP contribution is 2.37. The fourth-order valence-corrected chi connectivity index (χ4v) is 3.30. The van der Waals surface area contributed by atoms with Gasteiger partial charge in [-0.2, -0.15) is 13.2 Å². The van der Waals surface area contributed by atoms with Crippen LogP contribution in [0.25, 0.3) is 5.65 Å². The summed E-state index contributed by atoms with van der Waals surface area (Å²) in [6, 6.07) is 4.51. The maximum Gasteiger partial charge on any atom is 0.419 e. The number of nitrogens with one attached hydrogen (secondary N) is 1. The van der Waals surface area contributed by atoms with E-state index in [0.717, 1.165) is 31.4 Å². The van der Waals surface area contributed by atoms with Gasteiger partial charge in [-0.05, 0) is 30.5 Å². The lowest BCUT2D eigenvalue weighted by atomic mass is 9.80. The highest BCUT2D eigenvalue weighted by molar-refractivity contribution is 5.42. The Bertz CT molecular complexity index is 1030. The first kappa shape index (κ1) is 16.8. The average Bonchev–Trinajstić information content (AvgIpc) is 2.98. The van der Waals surface area contributed by atoms with Gasteiger partial charge in [0.15, 0.2) is 5.65 Å². The summed E-state index contributed by atoms with van der Waals surface area (Å²) in [5.41, 5.74) is 0.0440. The number of fused-ring (bicyclic) bond motifs is 1. The molecule has 0 spiro atoms. The second kappa shape index (κ2) is 5.96. The van der Waals surface area contributed by atoms with Crippen LogP contribution < -0.4 is 5.56 Å². The summed E-state index contributed by atoms with van der Waals surface area (Å²) in [5.74, 6) is -1.18. The van der Waals surface area contributed by atoms with Gasteiger partial charge in [-0.3, -0.25) is 9.89 Å². The first-order chi connectivity index (χ1) is 12.3. The van der Waals surface area contributed by atoms with Crippen molar-refractivity contribution in [2.45, 2.75) is 37.8 Å². The van der Waals surface area contributed by atoms with Gasteiger partial charge in [-0.25, -0.2) is 13.9 Å². The highest BCUT2D eigenvalue weighted by atomic mass is 19.4. The molecule has 1 fully saturated rings. The number of alkyl halides is 3. The fourth-order valence-electron chi connectivity index (χ4n) is 3.30. The van der Waals surface area contributed by atoms with E-state index in [0.29, 0.717) is 16.9 Å². The van der Waals surface area contributed by atoms with Gasteiger partial charge in [0.2, 0.25) is 0 Å². The van der Waals surface area contributed by atoms with Crippen LogP contribution in [0.15, 0.2) is 35.3 Å². The van der Waals surface area contributed by atoms with Crippen molar-refractivity contribution >= 4 is 5.65 Å². The standard InChI is InChI=1S/C18H15F4N3O/c19-14-5-4-10(9-13(14)18(20,21)22)8-12-16(11-2-1-3-11)24-15-6-7-23-25(15)17(12)26/h4-7,9,11,23H,1-3,8H2. The fraction of sp³-hybridized carbons (Fsp3) is 0.333. The van der Waals surface area contributed by atoms with Crippen molar-refractivity contribution in [3.05, 3.63) is 69.0 Å². The van der Waals surface area contributed by atoms with E-state index in [4.69, 9.17) is 0 Å². The molecule has 0 saturated heterocycles. The molecule has 0 atom stereocenters. The largest absolute Gasteiger partial charge is 0.419 e. The third-order valence-corrected chi connectivity index (χ3v) is 4.88. The molecule has 0 unspecified atom stereocenters. The number of hydrogen-bond donors (Lipinski definition) is 1. The first-order valence-corrected chi connectivity index (χ1v) is 8.29. The summed E-state index contributed by atoms with van der Waals surface area (Å²) in [6.45, 7) is 0. The Balaban J connectivity index is 1.82. The Morgan fingerprint density at radius 1 is 1.23 bits per heavy atom. The zero-order chi connectivity index (χ0) is 18.5. The Kier molecular flexibility index (Phi) is 3.86. The zero-order valence-electron chi connectivity index (χ0n) is 13.6. The summed E-state index contributed by atoms with van der Waals surface area (Å²) in [7, 11) is 0. The normalized spacial score (nSPS) is 15.4. The van der Waals surface area contributed by atoms with E-state index in [-0.39, 0.29) is 23.5 Å². The third-order valence-electron chi connectivity index (χ3n) is 4.88. The lowest BCUT2D eigenvalue weighted by Crippen LogP contribution is -2.26. The maximum absolute atomic E-state index is 13.5. The molecule has 4 nitrogen and oxygen atoms in total. The minimum atomic E-state index is -4.78. The number of hydrogen-bond acceptors (Lipinski definition) is 2. The SMILES string of the molecule is O=c1c(Cc2ccc(F)c(C(F)(F)F)c2)c(C2CCC2)nc2cc[nH]n12. The molecular weight excluding hydrogens is 350 g/mol. The Hall–Kier alpha value is -2.64.